The van der Waals surface area contributed by atoms with E-state index in [0.29, 0.717) is 72.6 Å². The smallest absolute Gasteiger partial charge is 0.226 e. The van der Waals surface area contributed by atoms with Crippen molar-refractivity contribution < 1.29 is 27.8 Å². The van der Waals surface area contributed by atoms with E-state index in [9.17, 15) is 9.50 Å². The highest BCUT2D eigenvalue weighted by atomic mass is 19.1. The Morgan fingerprint density at radius 2 is 1.96 bits per heavy atom. The third-order valence-corrected chi connectivity index (χ3v) is 10.4. The van der Waals surface area contributed by atoms with Crippen LogP contribution in [0.25, 0.3) is 33.1 Å². The van der Waals surface area contributed by atoms with Crippen LogP contribution < -0.4 is 20.1 Å². The number of hydrogen-bond acceptors (Lipinski definition) is 9. The number of alkyl halides is 1. The zero-order valence-electron chi connectivity index (χ0n) is 25.7. The van der Waals surface area contributed by atoms with Gasteiger partial charge in [0.1, 0.15) is 47.9 Å². The number of benzene rings is 1. The lowest BCUT2D eigenvalue weighted by Gasteiger charge is -2.32. The number of pyridine rings is 3. The summed E-state index contributed by atoms with van der Waals surface area (Å²) < 4.78 is 59.3. The fraction of sp³-hybridized carbons (Fsp3) is 0.500. The van der Waals surface area contributed by atoms with Crippen LogP contribution in [0, 0.1) is 11.6 Å². The number of nitrogen functional groups attached to an aromatic ring is 1. The summed E-state index contributed by atoms with van der Waals surface area (Å²) in [4.78, 5) is 18.2. The number of ether oxygens (including phenoxy) is 2. The third-order valence-electron chi connectivity index (χ3n) is 10.4. The lowest BCUT2D eigenvalue weighted by atomic mass is 9.95. The third kappa shape index (κ3) is 4.71. The summed E-state index contributed by atoms with van der Waals surface area (Å²) in [5.41, 5.74) is 6.77. The molecule has 0 radical (unpaired) electrons. The minimum Gasteiger partial charge on any atom is -0.476 e. The highest BCUT2D eigenvalue weighted by Gasteiger charge is 2.49. The van der Waals surface area contributed by atoms with Gasteiger partial charge in [-0.15, -0.1) is 0 Å². The topological polar surface area (TPSA) is 110 Å². The number of aromatic nitrogens is 3. The summed E-state index contributed by atoms with van der Waals surface area (Å²) in [6, 6.07) is 6.30. The number of anilines is 2. The Labute approximate surface area is 264 Å². The fourth-order valence-electron chi connectivity index (χ4n) is 8.17. The van der Waals surface area contributed by atoms with Gasteiger partial charge < -0.3 is 25.2 Å². The molecule has 3 N–H and O–H groups in total. The van der Waals surface area contributed by atoms with E-state index in [1.807, 2.05) is 6.92 Å². The standard InChI is InChI=1S/C34H37F3N6O3/c1-2-22-23(36)7-4-18-12-25(38)39-31(27(18)22)32-29(37)30-28-24(43-11-8-21(44)6-5-20(43)16-45-33(28)41-32)13-26(40-30)46-17-34-9-3-10-42(34)15-19(35)14-34/h4,7,12-13,19-21,44H,2-3,5-6,8-11,14-17H2,1H3,(H2,38,39)/t19-,20+,21+,34+/m1/s1. The maximum atomic E-state index is 17.0. The van der Waals surface area contributed by atoms with Gasteiger partial charge in [0.15, 0.2) is 5.82 Å². The van der Waals surface area contributed by atoms with Crippen molar-refractivity contribution >= 4 is 33.2 Å². The molecule has 4 aromatic rings. The molecule has 242 valence electrons. The van der Waals surface area contributed by atoms with Crippen LogP contribution in [0.2, 0.25) is 0 Å². The number of aryl methyl sites for hydroxylation is 1. The second-order valence-corrected chi connectivity index (χ2v) is 13.2. The van der Waals surface area contributed by atoms with Crippen molar-refractivity contribution in [2.75, 3.05) is 43.5 Å². The number of nitrogens with two attached hydrogens (primary N) is 1. The zero-order valence-corrected chi connectivity index (χ0v) is 25.7. The molecule has 0 spiro atoms. The predicted molar refractivity (Wildman–Crippen MR) is 169 cm³/mol. The van der Waals surface area contributed by atoms with Crippen LogP contribution in [-0.2, 0) is 6.42 Å². The molecule has 12 heteroatoms. The number of nitrogens with zero attached hydrogens (tertiary/aromatic N) is 5. The monoisotopic (exact) mass is 634 g/mol. The number of halogens is 3. The van der Waals surface area contributed by atoms with Crippen LogP contribution in [0.15, 0.2) is 24.3 Å². The van der Waals surface area contributed by atoms with Crippen molar-refractivity contribution in [3.63, 3.8) is 0 Å². The average Bonchev–Trinajstić information content (AvgIpc) is 3.43. The van der Waals surface area contributed by atoms with Crippen molar-refractivity contribution in [3.05, 3.63) is 41.5 Å². The molecule has 0 amide bonds. The molecule has 0 unspecified atom stereocenters. The van der Waals surface area contributed by atoms with Crippen LogP contribution in [0.3, 0.4) is 0 Å². The molecule has 0 aliphatic carbocycles. The van der Waals surface area contributed by atoms with Crippen LogP contribution in [-0.4, -0.2) is 81.7 Å². The SMILES string of the molecule is CCc1c(F)ccc2cc(N)nc(-c3nc4c5c(cc(OC[C@@]67CCCN6C[C@H](F)C7)nc5c3F)N3CC[C@@H](O)CC[C@H]3CO4)c12. The van der Waals surface area contributed by atoms with E-state index < -0.39 is 29.4 Å². The van der Waals surface area contributed by atoms with Gasteiger partial charge in [-0.3, -0.25) is 4.90 Å². The van der Waals surface area contributed by atoms with E-state index in [4.69, 9.17) is 25.2 Å². The van der Waals surface area contributed by atoms with E-state index in [1.165, 1.54) is 6.07 Å². The van der Waals surface area contributed by atoms with Crippen LogP contribution in [0.5, 0.6) is 11.8 Å². The minimum atomic E-state index is -0.910. The van der Waals surface area contributed by atoms with E-state index >= 15 is 8.78 Å². The predicted octanol–water partition coefficient (Wildman–Crippen LogP) is 5.34. The fourth-order valence-corrected chi connectivity index (χ4v) is 8.17. The van der Waals surface area contributed by atoms with E-state index in [-0.39, 0.29) is 53.7 Å². The van der Waals surface area contributed by atoms with Gasteiger partial charge in [0.05, 0.1) is 28.8 Å². The van der Waals surface area contributed by atoms with Gasteiger partial charge >= 0.3 is 0 Å². The Kier molecular flexibility index (Phi) is 7.13. The first-order chi connectivity index (χ1) is 22.2. The van der Waals surface area contributed by atoms with Gasteiger partial charge in [-0.2, -0.15) is 0 Å². The van der Waals surface area contributed by atoms with Gasteiger partial charge in [0.2, 0.25) is 11.8 Å². The van der Waals surface area contributed by atoms with E-state index in [2.05, 4.69) is 14.8 Å². The van der Waals surface area contributed by atoms with Crippen LogP contribution in [0.1, 0.15) is 51.0 Å². The molecule has 4 aliphatic rings. The Morgan fingerprint density at radius 1 is 1.09 bits per heavy atom. The molecule has 9 nitrogen and oxygen atoms in total. The summed E-state index contributed by atoms with van der Waals surface area (Å²) in [6.07, 6.45) is 3.00. The van der Waals surface area contributed by atoms with Crippen LogP contribution in [0.4, 0.5) is 24.7 Å². The first-order valence-electron chi connectivity index (χ1n) is 16.3. The number of rotatable bonds is 5. The number of fused-ring (bicyclic) bond motifs is 4. The summed E-state index contributed by atoms with van der Waals surface area (Å²) in [7, 11) is 0. The van der Waals surface area contributed by atoms with Crippen molar-refractivity contribution in [1.82, 2.24) is 19.9 Å². The first kappa shape index (κ1) is 29.5. The molecule has 4 atom stereocenters. The Morgan fingerprint density at radius 3 is 2.80 bits per heavy atom. The molecule has 0 saturated carbocycles. The average molecular weight is 635 g/mol. The molecule has 7 heterocycles. The maximum absolute atomic E-state index is 17.0. The van der Waals surface area contributed by atoms with Crippen molar-refractivity contribution in [2.45, 2.75) is 75.7 Å². The van der Waals surface area contributed by atoms with Gasteiger partial charge in [-0.05, 0) is 68.2 Å². The molecule has 3 aromatic heterocycles. The number of hydrogen-bond donors (Lipinski definition) is 2. The molecule has 46 heavy (non-hydrogen) atoms. The Balaban J connectivity index is 1.33. The maximum Gasteiger partial charge on any atom is 0.226 e. The lowest BCUT2D eigenvalue weighted by molar-refractivity contribution is 0.111. The summed E-state index contributed by atoms with van der Waals surface area (Å²) >= 11 is 0. The highest BCUT2D eigenvalue weighted by Crippen LogP contribution is 2.45. The molecule has 3 fully saturated rings. The second-order valence-electron chi connectivity index (χ2n) is 13.2. The van der Waals surface area contributed by atoms with Gasteiger partial charge in [0.25, 0.3) is 0 Å². The minimum absolute atomic E-state index is 0.0136. The first-order valence-corrected chi connectivity index (χ1v) is 16.3. The summed E-state index contributed by atoms with van der Waals surface area (Å²) in [5, 5.41) is 11.9. The van der Waals surface area contributed by atoms with Crippen molar-refractivity contribution in [3.8, 4) is 23.1 Å². The largest absolute Gasteiger partial charge is 0.476 e. The van der Waals surface area contributed by atoms with Crippen molar-refractivity contribution in [1.29, 1.82) is 0 Å². The van der Waals surface area contributed by atoms with Crippen molar-refractivity contribution in [2.24, 2.45) is 0 Å². The highest BCUT2D eigenvalue weighted by molar-refractivity contribution is 6.03. The quantitative estimate of drug-likeness (QED) is 0.301. The van der Waals surface area contributed by atoms with E-state index in [1.54, 1.807) is 18.2 Å². The summed E-state index contributed by atoms with van der Waals surface area (Å²) in [5.74, 6) is -0.627. The zero-order chi connectivity index (χ0) is 31.7. The molecule has 4 aliphatic heterocycles. The molecule has 0 bridgehead atoms. The van der Waals surface area contributed by atoms with Crippen LogP contribution >= 0.6 is 0 Å². The molecule has 1 aromatic carbocycles. The molecular formula is C34H37F3N6O3. The molecular weight excluding hydrogens is 597 g/mol. The van der Waals surface area contributed by atoms with Gasteiger partial charge in [-0.1, -0.05) is 13.0 Å². The Bertz CT molecular complexity index is 1860. The Hall–Kier alpha value is -3.90. The lowest BCUT2D eigenvalue weighted by Crippen LogP contribution is -2.43. The molecule has 3 saturated heterocycles. The normalized spacial score (nSPS) is 26.1. The van der Waals surface area contributed by atoms with Gasteiger partial charge in [0, 0.05) is 31.0 Å². The second kappa shape index (κ2) is 11.1. The number of aliphatic hydroxyl groups excluding tert-OH is 1. The van der Waals surface area contributed by atoms with E-state index in [0.717, 1.165) is 19.4 Å². The number of aliphatic hydroxyl groups is 1. The summed E-state index contributed by atoms with van der Waals surface area (Å²) in [6.45, 7) is 4.07. The molecule has 8 rings (SSSR count). The van der Waals surface area contributed by atoms with Gasteiger partial charge in [-0.25, -0.2) is 28.1 Å².